The lowest BCUT2D eigenvalue weighted by molar-refractivity contribution is 0.0526. The first kappa shape index (κ1) is 23.2. The summed E-state index contributed by atoms with van der Waals surface area (Å²) in [6.45, 7) is 10.5. The van der Waals surface area contributed by atoms with Crippen LogP contribution in [0.15, 0.2) is 0 Å². The Hall–Kier alpha value is 0.220. The molecule has 0 aliphatic rings. The molecule has 3 heteroatoms. The van der Waals surface area contributed by atoms with Crippen molar-refractivity contribution in [3.8, 4) is 11.8 Å². The van der Waals surface area contributed by atoms with Gasteiger partial charge in [0.1, 0.15) is 4.75 Å². The summed E-state index contributed by atoms with van der Waals surface area (Å²) < 4.78 is -0.317. The molecule has 0 aliphatic heterocycles. The molecule has 0 heterocycles. The zero-order valence-electron chi connectivity index (χ0n) is 16.0. The molecule has 1 atom stereocenters. The van der Waals surface area contributed by atoms with E-state index in [1.807, 2.05) is 37.4 Å². The Morgan fingerprint density at radius 3 is 2.09 bits per heavy atom. The molecular weight excluding hydrogens is 320 g/mol. The van der Waals surface area contributed by atoms with Crippen LogP contribution in [0.3, 0.4) is 0 Å². The first-order valence-corrected chi connectivity index (χ1v) is 11.5. The van der Waals surface area contributed by atoms with E-state index >= 15 is 0 Å². The minimum Gasteiger partial charge on any atom is -0.388 e. The Bertz CT molecular complexity index is 338. The molecule has 1 N–H and O–H groups in total. The van der Waals surface area contributed by atoms with Gasteiger partial charge < -0.3 is 5.11 Å². The number of aliphatic hydroxyl groups is 1. The zero-order valence-corrected chi connectivity index (χ0v) is 17.7. The SMILES string of the molecule is CCCCC#CC(CCCC)(SCCSCCCC)C(C)(C)O. The van der Waals surface area contributed by atoms with E-state index in [0.29, 0.717) is 0 Å². The van der Waals surface area contributed by atoms with Gasteiger partial charge in [-0.1, -0.05) is 52.4 Å². The van der Waals surface area contributed by atoms with E-state index < -0.39 is 5.60 Å². The second-order valence-corrected chi connectivity index (χ2v) is 9.33. The summed E-state index contributed by atoms with van der Waals surface area (Å²) in [4.78, 5) is 0. The molecule has 0 fully saturated rings. The maximum Gasteiger partial charge on any atom is 0.104 e. The number of hydrogen-bond donors (Lipinski definition) is 1. The predicted octanol–water partition coefficient (Wildman–Crippen LogP) is 6.15. The summed E-state index contributed by atoms with van der Waals surface area (Å²) in [6.07, 6.45) is 9.12. The van der Waals surface area contributed by atoms with Crippen LogP contribution in [0.25, 0.3) is 0 Å². The molecule has 0 spiro atoms. The second-order valence-electron chi connectivity index (χ2n) is 6.71. The molecule has 0 aromatic rings. The maximum atomic E-state index is 10.8. The van der Waals surface area contributed by atoms with Crippen molar-refractivity contribution in [2.24, 2.45) is 0 Å². The van der Waals surface area contributed by atoms with E-state index in [-0.39, 0.29) is 4.75 Å². The highest BCUT2D eigenvalue weighted by molar-refractivity contribution is 8.03. The van der Waals surface area contributed by atoms with Gasteiger partial charge in [0.15, 0.2) is 0 Å². The predicted molar refractivity (Wildman–Crippen MR) is 111 cm³/mol. The third-order valence-corrected chi connectivity index (χ3v) is 7.07. The zero-order chi connectivity index (χ0) is 17.6. The Morgan fingerprint density at radius 2 is 1.52 bits per heavy atom. The van der Waals surface area contributed by atoms with Crippen molar-refractivity contribution in [2.75, 3.05) is 17.3 Å². The van der Waals surface area contributed by atoms with Crippen molar-refractivity contribution in [3.05, 3.63) is 0 Å². The van der Waals surface area contributed by atoms with Crippen LogP contribution in [-0.4, -0.2) is 32.7 Å². The fraction of sp³-hybridized carbons (Fsp3) is 0.900. The van der Waals surface area contributed by atoms with Gasteiger partial charge in [-0.05, 0) is 38.9 Å². The molecule has 23 heavy (non-hydrogen) atoms. The van der Waals surface area contributed by atoms with Crippen molar-refractivity contribution in [1.82, 2.24) is 0 Å². The molecule has 136 valence electrons. The van der Waals surface area contributed by atoms with Crippen molar-refractivity contribution in [3.63, 3.8) is 0 Å². The number of rotatable bonds is 13. The molecule has 1 nitrogen and oxygen atoms in total. The summed E-state index contributed by atoms with van der Waals surface area (Å²) >= 11 is 3.92. The standard InChI is InChI=1S/C20H38OS2/c1-6-9-12-13-15-20(14-10-7-2,19(4,5)21)23-18-17-22-16-11-8-3/h21H,6-12,14,16-18H2,1-5H3. The van der Waals surface area contributed by atoms with E-state index in [0.717, 1.165) is 43.6 Å². The number of thioether (sulfide) groups is 2. The van der Waals surface area contributed by atoms with E-state index in [1.54, 1.807) is 0 Å². The highest BCUT2D eigenvalue weighted by Gasteiger charge is 2.42. The lowest BCUT2D eigenvalue weighted by Gasteiger charge is -2.39. The average molecular weight is 359 g/mol. The van der Waals surface area contributed by atoms with Crippen LogP contribution in [0, 0.1) is 11.8 Å². The van der Waals surface area contributed by atoms with Gasteiger partial charge in [0.2, 0.25) is 0 Å². The third kappa shape index (κ3) is 9.95. The van der Waals surface area contributed by atoms with Crippen molar-refractivity contribution in [2.45, 2.75) is 96.3 Å². The van der Waals surface area contributed by atoms with Gasteiger partial charge in [0.25, 0.3) is 0 Å². The van der Waals surface area contributed by atoms with Crippen LogP contribution in [-0.2, 0) is 0 Å². The summed E-state index contributed by atoms with van der Waals surface area (Å²) in [6, 6.07) is 0. The van der Waals surface area contributed by atoms with Gasteiger partial charge in [0.05, 0.1) is 5.60 Å². The Morgan fingerprint density at radius 1 is 0.870 bits per heavy atom. The Balaban J connectivity index is 4.81. The summed E-state index contributed by atoms with van der Waals surface area (Å²) in [5.41, 5.74) is -0.764. The second kappa shape index (κ2) is 13.5. The van der Waals surface area contributed by atoms with Gasteiger partial charge in [-0.2, -0.15) is 11.8 Å². The van der Waals surface area contributed by atoms with Gasteiger partial charge in [-0.15, -0.1) is 17.7 Å². The Kier molecular flexibility index (Phi) is 13.6. The van der Waals surface area contributed by atoms with E-state index in [9.17, 15) is 5.11 Å². The van der Waals surface area contributed by atoms with Gasteiger partial charge in [-0.25, -0.2) is 0 Å². The fourth-order valence-electron chi connectivity index (χ4n) is 2.33. The molecular formula is C20H38OS2. The quantitative estimate of drug-likeness (QED) is 0.315. The van der Waals surface area contributed by atoms with Crippen LogP contribution in [0.4, 0.5) is 0 Å². The van der Waals surface area contributed by atoms with Crippen molar-refractivity contribution < 1.29 is 5.11 Å². The molecule has 1 unspecified atom stereocenters. The van der Waals surface area contributed by atoms with Crippen molar-refractivity contribution in [1.29, 1.82) is 0 Å². The largest absolute Gasteiger partial charge is 0.388 e. The highest BCUT2D eigenvalue weighted by Crippen LogP contribution is 2.40. The number of unbranched alkanes of at least 4 members (excludes halogenated alkanes) is 4. The van der Waals surface area contributed by atoms with Gasteiger partial charge in [-0.3, -0.25) is 0 Å². The lowest BCUT2D eigenvalue weighted by atomic mass is 9.85. The van der Waals surface area contributed by atoms with E-state index in [1.165, 1.54) is 25.0 Å². The summed E-state index contributed by atoms with van der Waals surface area (Å²) in [7, 11) is 0. The van der Waals surface area contributed by atoms with Crippen LogP contribution in [0.5, 0.6) is 0 Å². The first-order valence-electron chi connectivity index (χ1n) is 9.37. The van der Waals surface area contributed by atoms with Crippen LogP contribution >= 0.6 is 23.5 Å². The van der Waals surface area contributed by atoms with E-state index in [2.05, 4.69) is 32.6 Å². The topological polar surface area (TPSA) is 20.2 Å². The molecule has 0 amide bonds. The normalized spacial score (nSPS) is 14.2. The van der Waals surface area contributed by atoms with Crippen LogP contribution in [0.1, 0.15) is 86.0 Å². The maximum absolute atomic E-state index is 10.8. The third-order valence-electron chi connectivity index (χ3n) is 4.03. The molecule has 0 saturated heterocycles. The average Bonchev–Trinajstić information content (AvgIpc) is 2.50. The molecule has 0 bridgehead atoms. The van der Waals surface area contributed by atoms with Gasteiger partial charge >= 0.3 is 0 Å². The highest BCUT2D eigenvalue weighted by atomic mass is 32.2. The minimum atomic E-state index is -0.764. The molecule has 0 rings (SSSR count). The lowest BCUT2D eigenvalue weighted by Crippen LogP contribution is -2.46. The fourth-order valence-corrected chi connectivity index (χ4v) is 4.96. The summed E-state index contributed by atoms with van der Waals surface area (Å²) in [5, 5.41) is 10.8. The first-order chi connectivity index (χ1) is 10.9. The molecule has 0 aliphatic carbocycles. The summed E-state index contributed by atoms with van der Waals surface area (Å²) in [5.74, 6) is 10.4. The Labute approximate surface area is 154 Å². The molecule has 0 aromatic carbocycles. The monoisotopic (exact) mass is 358 g/mol. The van der Waals surface area contributed by atoms with Crippen LogP contribution < -0.4 is 0 Å². The smallest absolute Gasteiger partial charge is 0.104 e. The minimum absolute atomic E-state index is 0.317. The van der Waals surface area contributed by atoms with Crippen LogP contribution in [0.2, 0.25) is 0 Å². The van der Waals surface area contributed by atoms with Crippen molar-refractivity contribution >= 4 is 23.5 Å². The molecule has 0 aromatic heterocycles. The molecule has 0 saturated carbocycles. The molecule has 0 radical (unpaired) electrons. The number of hydrogen-bond acceptors (Lipinski definition) is 3. The van der Waals surface area contributed by atoms with Gasteiger partial charge in [0, 0.05) is 17.9 Å². The van der Waals surface area contributed by atoms with E-state index in [4.69, 9.17) is 0 Å².